The first kappa shape index (κ1) is 19.2. The number of amides is 2. The van der Waals surface area contributed by atoms with Gasteiger partial charge in [0.05, 0.1) is 24.1 Å². The fourth-order valence-electron chi connectivity index (χ4n) is 3.99. The highest BCUT2D eigenvalue weighted by Crippen LogP contribution is 2.24. The van der Waals surface area contributed by atoms with E-state index in [1.165, 1.54) is 10.9 Å². The molecule has 0 saturated carbocycles. The lowest BCUT2D eigenvalue weighted by Crippen LogP contribution is -2.53. The van der Waals surface area contributed by atoms with Gasteiger partial charge in [-0.15, -0.1) is 0 Å². The Morgan fingerprint density at radius 3 is 2.59 bits per heavy atom. The zero-order valence-corrected chi connectivity index (χ0v) is 16.5. The molecule has 0 bridgehead atoms. The van der Waals surface area contributed by atoms with Crippen molar-refractivity contribution in [2.75, 3.05) is 44.2 Å². The lowest BCUT2D eigenvalue weighted by molar-refractivity contribution is -0.137. The maximum atomic E-state index is 13.1. The van der Waals surface area contributed by atoms with Crippen molar-refractivity contribution in [3.63, 3.8) is 0 Å². The van der Waals surface area contributed by atoms with Crippen LogP contribution >= 0.6 is 0 Å². The van der Waals surface area contributed by atoms with Crippen molar-refractivity contribution in [2.24, 2.45) is 13.0 Å². The summed E-state index contributed by atoms with van der Waals surface area (Å²) in [6.07, 6.45) is 4.88. The Hall–Kier alpha value is -3.10. The number of aromatic nitrogens is 2. The van der Waals surface area contributed by atoms with Gasteiger partial charge in [0.25, 0.3) is 11.5 Å². The third kappa shape index (κ3) is 4.03. The summed E-state index contributed by atoms with van der Waals surface area (Å²) in [7, 11) is 1.62. The predicted molar refractivity (Wildman–Crippen MR) is 106 cm³/mol. The molecular weight excluding hydrogens is 374 g/mol. The fraction of sp³-hybridized carbons (Fsp3) is 0.500. The van der Waals surface area contributed by atoms with Crippen LogP contribution in [0, 0.1) is 5.92 Å². The first-order chi connectivity index (χ1) is 14.0. The zero-order valence-electron chi connectivity index (χ0n) is 16.5. The lowest BCUT2D eigenvalue weighted by Gasteiger charge is -2.39. The van der Waals surface area contributed by atoms with E-state index in [0.717, 1.165) is 25.1 Å². The van der Waals surface area contributed by atoms with Crippen LogP contribution in [0.3, 0.4) is 0 Å². The van der Waals surface area contributed by atoms with Crippen LogP contribution in [0.1, 0.15) is 23.4 Å². The van der Waals surface area contributed by atoms with Crippen molar-refractivity contribution in [3.05, 3.63) is 46.8 Å². The quantitative estimate of drug-likeness (QED) is 0.750. The second-order valence-electron chi connectivity index (χ2n) is 7.56. The molecule has 2 fully saturated rings. The molecule has 0 unspecified atom stereocenters. The molecule has 0 aromatic carbocycles. The molecule has 29 heavy (non-hydrogen) atoms. The third-order valence-electron chi connectivity index (χ3n) is 5.70. The van der Waals surface area contributed by atoms with E-state index >= 15 is 0 Å². The van der Waals surface area contributed by atoms with Gasteiger partial charge in [-0.3, -0.25) is 14.4 Å². The topological polar surface area (TPSA) is 91.9 Å². The van der Waals surface area contributed by atoms with Crippen molar-refractivity contribution in [3.8, 4) is 0 Å². The Balaban J connectivity index is 1.35. The van der Waals surface area contributed by atoms with Crippen LogP contribution in [0.2, 0.25) is 0 Å². The molecule has 2 aliphatic heterocycles. The summed E-state index contributed by atoms with van der Waals surface area (Å²) >= 11 is 0. The minimum absolute atomic E-state index is 0.111. The third-order valence-corrected chi connectivity index (χ3v) is 5.70. The van der Waals surface area contributed by atoms with E-state index in [0.29, 0.717) is 38.5 Å². The summed E-state index contributed by atoms with van der Waals surface area (Å²) in [6.45, 7) is 3.44. The van der Waals surface area contributed by atoms with Crippen molar-refractivity contribution in [1.82, 2.24) is 19.6 Å². The normalized spacial score (nSPS) is 20.0. The monoisotopic (exact) mass is 399 g/mol. The van der Waals surface area contributed by atoms with Gasteiger partial charge in [-0.25, -0.2) is 4.68 Å². The average Bonchev–Trinajstić information content (AvgIpc) is 3.30. The summed E-state index contributed by atoms with van der Waals surface area (Å²) in [4.78, 5) is 42.9. The van der Waals surface area contributed by atoms with Gasteiger partial charge in [0.15, 0.2) is 5.76 Å². The van der Waals surface area contributed by atoms with Crippen molar-refractivity contribution in [2.45, 2.75) is 12.8 Å². The number of rotatable bonds is 3. The van der Waals surface area contributed by atoms with Crippen molar-refractivity contribution >= 4 is 17.5 Å². The number of carbonyl (C=O) groups excluding carboxylic acids is 2. The van der Waals surface area contributed by atoms with Gasteiger partial charge in [0.2, 0.25) is 5.91 Å². The number of piperidine rings is 1. The van der Waals surface area contributed by atoms with E-state index in [2.05, 4.69) is 10.00 Å². The van der Waals surface area contributed by atoms with E-state index < -0.39 is 0 Å². The molecule has 2 aromatic rings. The van der Waals surface area contributed by atoms with E-state index in [9.17, 15) is 14.4 Å². The number of piperazine rings is 1. The average molecular weight is 399 g/mol. The number of nitrogens with zero attached hydrogens (tertiary/aromatic N) is 5. The number of hydrogen-bond acceptors (Lipinski definition) is 6. The largest absolute Gasteiger partial charge is 0.459 e. The molecule has 9 nitrogen and oxygen atoms in total. The van der Waals surface area contributed by atoms with Crippen LogP contribution in [0.5, 0.6) is 0 Å². The van der Waals surface area contributed by atoms with Gasteiger partial charge in [0.1, 0.15) is 0 Å². The predicted octanol–water partition coefficient (Wildman–Crippen LogP) is 0.574. The highest BCUT2D eigenvalue weighted by Gasteiger charge is 2.32. The van der Waals surface area contributed by atoms with Gasteiger partial charge >= 0.3 is 0 Å². The molecule has 2 saturated heterocycles. The number of aryl methyl sites for hydroxylation is 1. The van der Waals surface area contributed by atoms with Gasteiger partial charge < -0.3 is 19.1 Å². The second kappa shape index (κ2) is 8.10. The molecule has 2 amide bonds. The molecule has 0 radical (unpaired) electrons. The minimum atomic E-state index is -0.159. The van der Waals surface area contributed by atoms with E-state index in [4.69, 9.17) is 4.42 Å². The van der Waals surface area contributed by atoms with E-state index in [1.807, 2.05) is 4.90 Å². The van der Waals surface area contributed by atoms with Crippen LogP contribution in [-0.2, 0) is 11.8 Å². The summed E-state index contributed by atoms with van der Waals surface area (Å²) in [5, 5.41) is 4.08. The van der Waals surface area contributed by atoms with Crippen molar-refractivity contribution in [1.29, 1.82) is 0 Å². The van der Waals surface area contributed by atoms with Crippen LogP contribution in [0.15, 0.2) is 39.9 Å². The molecule has 2 aliphatic rings. The maximum Gasteiger partial charge on any atom is 0.289 e. The second-order valence-corrected chi connectivity index (χ2v) is 7.56. The van der Waals surface area contributed by atoms with Crippen LogP contribution < -0.4 is 10.5 Å². The van der Waals surface area contributed by atoms with Gasteiger partial charge in [-0.2, -0.15) is 5.10 Å². The molecule has 4 rings (SSSR count). The SMILES string of the molecule is Cn1ncc(N2CCC[C@H](C(=O)N3CCN(C(=O)c4ccco4)CC3)C2)cc1=O. The van der Waals surface area contributed by atoms with Gasteiger partial charge in [-0.05, 0) is 25.0 Å². The molecule has 0 aliphatic carbocycles. The molecule has 0 spiro atoms. The maximum absolute atomic E-state index is 13.1. The molecule has 0 N–H and O–H groups in total. The highest BCUT2D eigenvalue weighted by molar-refractivity contribution is 5.91. The standard InChI is InChI=1S/C20H25N5O4/c1-22-18(26)12-16(13-21-22)25-6-2-4-15(14-25)19(27)23-7-9-24(10-8-23)20(28)17-5-3-11-29-17/h3,5,11-13,15H,2,4,6-10,14H2,1H3/t15-/m0/s1. The summed E-state index contributed by atoms with van der Waals surface area (Å²) in [5.41, 5.74) is 0.604. The Labute approximate surface area is 168 Å². The Morgan fingerprint density at radius 1 is 1.14 bits per heavy atom. The molecular formula is C20H25N5O4. The van der Waals surface area contributed by atoms with Crippen LogP contribution in [-0.4, -0.2) is 70.7 Å². The lowest BCUT2D eigenvalue weighted by atomic mass is 9.96. The summed E-state index contributed by atoms with van der Waals surface area (Å²) in [5.74, 6) is 0.205. The smallest absolute Gasteiger partial charge is 0.289 e. The number of anilines is 1. The van der Waals surface area contributed by atoms with Crippen molar-refractivity contribution < 1.29 is 14.0 Å². The first-order valence-corrected chi connectivity index (χ1v) is 9.93. The van der Waals surface area contributed by atoms with Crippen LogP contribution in [0.25, 0.3) is 0 Å². The number of carbonyl (C=O) groups is 2. The van der Waals surface area contributed by atoms with Crippen LogP contribution in [0.4, 0.5) is 5.69 Å². The first-order valence-electron chi connectivity index (χ1n) is 9.93. The number of furan rings is 1. The minimum Gasteiger partial charge on any atom is -0.459 e. The summed E-state index contributed by atoms with van der Waals surface area (Å²) < 4.78 is 6.47. The molecule has 154 valence electrons. The van der Waals surface area contributed by atoms with E-state index in [1.54, 1.807) is 36.3 Å². The van der Waals surface area contributed by atoms with Gasteiger partial charge in [0, 0.05) is 52.4 Å². The molecule has 1 atom stereocenters. The summed E-state index contributed by atoms with van der Waals surface area (Å²) in [6, 6.07) is 4.92. The fourth-order valence-corrected chi connectivity index (χ4v) is 3.99. The molecule has 9 heteroatoms. The Kier molecular flexibility index (Phi) is 5.37. The zero-order chi connectivity index (χ0) is 20.4. The highest BCUT2D eigenvalue weighted by atomic mass is 16.3. The Morgan fingerprint density at radius 2 is 1.90 bits per heavy atom. The number of hydrogen-bond donors (Lipinski definition) is 0. The molecule has 4 heterocycles. The van der Waals surface area contributed by atoms with E-state index in [-0.39, 0.29) is 23.3 Å². The van der Waals surface area contributed by atoms with Gasteiger partial charge in [-0.1, -0.05) is 0 Å². The molecule has 2 aromatic heterocycles. The Bertz CT molecular complexity index is 931.